The Morgan fingerprint density at radius 3 is 2.50 bits per heavy atom. The molecule has 0 unspecified atom stereocenters. The highest BCUT2D eigenvalue weighted by molar-refractivity contribution is 5.78. The molecule has 94 valence electrons. The van der Waals surface area contributed by atoms with Crippen molar-refractivity contribution < 1.29 is 22.8 Å². The van der Waals surface area contributed by atoms with E-state index in [0.717, 1.165) is 25.7 Å². The second-order valence-corrected chi connectivity index (χ2v) is 3.77. The van der Waals surface area contributed by atoms with Gasteiger partial charge < -0.3 is 5.32 Å². The average Bonchev–Trinajstić information content (AvgIpc) is 2.63. The number of hydroxylamine groups is 1. The van der Waals surface area contributed by atoms with Gasteiger partial charge in [-0.3, -0.25) is 9.63 Å². The summed E-state index contributed by atoms with van der Waals surface area (Å²) < 4.78 is 34.9. The first-order valence-corrected chi connectivity index (χ1v) is 5.18. The van der Waals surface area contributed by atoms with Gasteiger partial charge in [-0.25, -0.2) is 0 Å². The SMILES string of the molecule is O=C(CNOCC(F)(F)F)NC1CCCC1. The van der Waals surface area contributed by atoms with Crippen LogP contribution in [-0.4, -0.2) is 31.3 Å². The lowest BCUT2D eigenvalue weighted by Crippen LogP contribution is -2.40. The quantitative estimate of drug-likeness (QED) is 0.559. The van der Waals surface area contributed by atoms with Crippen molar-refractivity contribution in [3.8, 4) is 0 Å². The maximum absolute atomic E-state index is 11.6. The van der Waals surface area contributed by atoms with Crippen molar-refractivity contribution in [3.63, 3.8) is 0 Å². The molecule has 1 rings (SSSR count). The van der Waals surface area contributed by atoms with Gasteiger partial charge in [-0.15, -0.1) is 0 Å². The fourth-order valence-corrected chi connectivity index (χ4v) is 1.60. The summed E-state index contributed by atoms with van der Waals surface area (Å²) in [5.41, 5.74) is 1.98. The van der Waals surface area contributed by atoms with E-state index >= 15 is 0 Å². The lowest BCUT2D eigenvalue weighted by Gasteiger charge is -2.12. The van der Waals surface area contributed by atoms with Crippen LogP contribution in [0.15, 0.2) is 0 Å². The van der Waals surface area contributed by atoms with Crippen molar-refractivity contribution in [1.29, 1.82) is 0 Å². The van der Waals surface area contributed by atoms with E-state index in [1.54, 1.807) is 0 Å². The molecule has 0 aromatic rings. The summed E-state index contributed by atoms with van der Waals surface area (Å²) in [6.07, 6.45) is -0.328. The molecule has 0 saturated heterocycles. The molecule has 4 nitrogen and oxygen atoms in total. The Balaban J connectivity index is 2.02. The maximum atomic E-state index is 11.6. The number of nitrogens with one attached hydrogen (secondary N) is 2. The first kappa shape index (κ1) is 13.2. The minimum absolute atomic E-state index is 0.164. The lowest BCUT2D eigenvalue weighted by atomic mass is 10.2. The molecule has 0 radical (unpaired) electrons. The molecule has 1 amide bonds. The van der Waals surface area contributed by atoms with Crippen LogP contribution in [0.25, 0.3) is 0 Å². The monoisotopic (exact) mass is 240 g/mol. The summed E-state index contributed by atoms with van der Waals surface area (Å²) in [7, 11) is 0. The molecule has 16 heavy (non-hydrogen) atoms. The molecule has 1 saturated carbocycles. The Kier molecular flexibility index (Phi) is 5.01. The fraction of sp³-hybridized carbons (Fsp3) is 0.889. The zero-order chi connectivity index (χ0) is 12.0. The van der Waals surface area contributed by atoms with Gasteiger partial charge in [-0.05, 0) is 12.8 Å². The Labute approximate surface area is 91.5 Å². The molecular weight excluding hydrogens is 225 g/mol. The number of rotatable bonds is 5. The number of carbonyl (C=O) groups is 1. The first-order valence-electron chi connectivity index (χ1n) is 5.18. The molecule has 0 bridgehead atoms. The molecule has 0 heterocycles. The van der Waals surface area contributed by atoms with E-state index in [0.29, 0.717) is 0 Å². The normalized spacial score (nSPS) is 17.7. The summed E-state index contributed by atoms with van der Waals surface area (Å²) in [5, 5.41) is 2.71. The molecule has 1 aliphatic rings. The van der Waals surface area contributed by atoms with E-state index in [1.165, 1.54) is 0 Å². The summed E-state index contributed by atoms with van der Waals surface area (Å²) in [5.74, 6) is -0.339. The average molecular weight is 240 g/mol. The van der Waals surface area contributed by atoms with Gasteiger partial charge >= 0.3 is 6.18 Å². The molecule has 0 aliphatic heterocycles. The van der Waals surface area contributed by atoms with E-state index in [4.69, 9.17) is 0 Å². The van der Waals surface area contributed by atoms with Gasteiger partial charge in [0.2, 0.25) is 5.91 Å². The van der Waals surface area contributed by atoms with Crippen molar-refractivity contribution in [3.05, 3.63) is 0 Å². The molecule has 0 atom stereocenters. The number of halogens is 3. The van der Waals surface area contributed by atoms with Crippen LogP contribution >= 0.6 is 0 Å². The first-order chi connectivity index (χ1) is 7.47. The molecule has 0 aromatic carbocycles. The third-order valence-corrected chi connectivity index (χ3v) is 2.29. The smallest absolute Gasteiger partial charge is 0.352 e. The highest BCUT2D eigenvalue weighted by atomic mass is 19.4. The van der Waals surface area contributed by atoms with Crippen LogP contribution in [0.5, 0.6) is 0 Å². The number of hydrogen-bond acceptors (Lipinski definition) is 3. The third-order valence-electron chi connectivity index (χ3n) is 2.29. The number of hydrogen-bond donors (Lipinski definition) is 2. The second-order valence-electron chi connectivity index (χ2n) is 3.77. The molecule has 7 heteroatoms. The van der Waals surface area contributed by atoms with Crippen molar-refractivity contribution >= 4 is 5.91 Å². The van der Waals surface area contributed by atoms with Crippen molar-refractivity contribution in [2.75, 3.05) is 13.2 Å². The van der Waals surface area contributed by atoms with E-state index < -0.39 is 12.8 Å². The van der Waals surface area contributed by atoms with Gasteiger partial charge in [0.05, 0.1) is 6.54 Å². The molecule has 0 aromatic heterocycles. The van der Waals surface area contributed by atoms with Crippen LogP contribution in [0.4, 0.5) is 13.2 Å². The summed E-state index contributed by atoms with van der Waals surface area (Å²) in [6, 6.07) is 0.164. The van der Waals surface area contributed by atoms with Gasteiger partial charge in [-0.2, -0.15) is 18.7 Å². The minimum Gasteiger partial charge on any atom is -0.352 e. The van der Waals surface area contributed by atoms with E-state index in [-0.39, 0.29) is 18.5 Å². The summed E-state index contributed by atoms with van der Waals surface area (Å²) in [4.78, 5) is 15.3. The molecule has 0 spiro atoms. The second kappa shape index (κ2) is 6.05. The van der Waals surface area contributed by atoms with Crippen LogP contribution < -0.4 is 10.8 Å². The zero-order valence-electron chi connectivity index (χ0n) is 8.77. The van der Waals surface area contributed by atoms with Crippen LogP contribution in [0.3, 0.4) is 0 Å². The van der Waals surface area contributed by atoms with Crippen molar-refractivity contribution in [2.24, 2.45) is 0 Å². The Morgan fingerprint density at radius 2 is 1.94 bits per heavy atom. The van der Waals surface area contributed by atoms with Gasteiger partial charge in [-0.1, -0.05) is 12.8 Å². The molecule has 2 N–H and O–H groups in total. The van der Waals surface area contributed by atoms with Gasteiger partial charge in [0.1, 0.15) is 0 Å². The highest BCUT2D eigenvalue weighted by Crippen LogP contribution is 2.17. The highest BCUT2D eigenvalue weighted by Gasteiger charge is 2.27. The summed E-state index contributed by atoms with van der Waals surface area (Å²) >= 11 is 0. The molecular formula is C9H15F3N2O2. The number of carbonyl (C=O) groups excluding carboxylic acids is 1. The van der Waals surface area contributed by atoms with Crippen LogP contribution in [-0.2, 0) is 9.63 Å². The third kappa shape index (κ3) is 5.92. The van der Waals surface area contributed by atoms with Crippen LogP contribution in [0, 0.1) is 0 Å². The van der Waals surface area contributed by atoms with Gasteiger partial charge in [0, 0.05) is 6.04 Å². The standard InChI is InChI=1S/C9H15F3N2O2/c10-9(11,12)6-16-13-5-8(15)14-7-3-1-2-4-7/h7,13H,1-6H2,(H,14,15). The largest absolute Gasteiger partial charge is 0.413 e. The van der Waals surface area contributed by atoms with E-state index in [9.17, 15) is 18.0 Å². The molecule has 1 fully saturated rings. The van der Waals surface area contributed by atoms with Crippen molar-refractivity contribution in [2.45, 2.75) is 37.9 Å². The predicted molar refractivity (Wildman–Crippen MR) is 50.4 cm³/mol. The Bertz CT molecular complexity index is 227. The molecule has 1 aliphatic carbocycles. The topological polar surface area (TPSA) is 50.4 Å². The Hall–Kier alpha value is -0.820. The maximum Gasteiger partial charge on any atom is 0.413 e. The summed E-state index contributed by atoms with van der Waals surface area (Å²) in [6.45, 7) is -1.66. The number of alkyl halides is 3. The number of amides is 1. The lowest BCUT2D eigenvalue weighted by molar-refractivity contribution is -0.189. The Morgan fingerprint density at radius 1 is 1.31 bits per heavy atom. The van der Waals surface area contributed by atoms with Crippen LogP contribution in [0.2, 0.25) is 0 Å². The predicted octanol–water partition coefficient (Wildman–Crippen LogP) is 1.13. The van der Waals surface area contributed by atoms with Crippen molar-refractivity contribution in [1.82, 2.24) is 10.8 Å². The van der Waals surface area contributed by atoms with E-state index in [2.05, 4.69) is 10.2 Å². The van der Waals surface area contributed by atoms with Gasteiger partial charge in [0.15, 0.2) is 6.61 Å². The fourth-order valence-electron chi connectivity index (χ4n) is 1.60. The van der Waals surface area contributed by atoms with Gasteiger partial charge in [0.25, 0.3) is 0 Å². The minimum atomic E-state index is -4.38. The van der Waals surface area contributed by atoms with Crippen LogP contribution in [0.1, 0.15) is 25.7 Å². The van der Waals surface area contributed by atoms with E-state index in [1.807, 2.05) is 5.48 Å². The zero-order valence-corrected chi connectivity index (χ0v) is 8.77.